The van der Waals surface area contributed by atoms with Gasteiger partial charge in [0.1, 0.15) is 5.75 Å². The van der Waals surface area contributed by atoms with Crippen molar-refractivity contribution in [2.24, 2.45) is 0 Å². The first-order valence-electron chi connectivity index (χ1n) is 6.05. The van der Waals surface area contributed by atoms with Crippen LogP contribution in [0.3, 0.4) is 0 Å². The van der Waals surface area contributed by atoms with Gasteiger partial charge in [0, 0.05) is 10.8 Å². The van der Waals surface area contributed by atoms with Crippen molar-refractivity contribution in [3.05, 3.63) is 30.3 Å². The van der Waals surface area contributed by atoms with Crippen LogP contribution in [0.4, 0.5) is 11.4 Å². The lowest BCUT2D eigenvalue weighted by molar-refractivity contribution is 0.483. The van der Waals surface area contributed by atoms with Crippen molar-refractivity contribution >= 4 is 42.3 Å². The molecule has 2 aromatic carbocycles. The largest absolute Gasteiger partial charge is 0.505 e. The van der Waals surface area contributed by atoms with Gasteiger partial charge >= 0.3 is 0 Å². The number of nitrogens with one attached hydrogen (secondary N) is 1. The minimum atomic E-state index is -4.39. The first-order valence-corrected chi connectivity index (χ1v) is 9.31. The molecule has 0 spiro atoms. The Morgan fingerprint density at radius 3 is 2.23 bits per heavy atom. The van der Waals surface area contributed by atoms with Crippen LogP contribution in [0.2, 0.25) is 0 Å². The second-order valence-electron chi connectivity index (χ2n) is 4.61. The summed E-state index contributed by atoms with van der Waals surface area (Å²) in [5.74, 6) is -1.90. The van der Waals surface area contributed by atoms with E-state index in [4.69, 9.17) is 10.3 Å². The molecule has 0 unspecified atom stereocenters. The molecule has 0 amide bonds. The molecule has 0 atom stereocenters. The number of sulfonamides is 1. The molecule has 120 valence electrons. The Balaban J connectivity index is 2.42. The van der Waals surface area contributed by atoms with E-state index in [1.54, 1.807) is 24.3 Å². The summed E-state index contributed by atoms with van der Waals surface area (Å²) in [7, 11) is -8.41. The molecule has 2 rings (SSSR count). The molecule has 0 saturated heterocycles. The molecule has 0 saturated carbocycles. The fourth-order valence-corrected chi connectivity index (χ4v) is 4.23. The number of nitrogen functional groups attached to an aromatic ring is 1. The van der Waals surface area contributed by atoms with Crippen LogP contribution in [0.25, 0.3) is 10.8 Å². The topological polar surface area (TPSA) is 147 Å². The summed E-state index contributed by atoms with van der Waals surface area (Å²) >= 11 is 0. The van der Waals surface area contributed by atoms with E-state index in [9.17, 15) is 21.9 Å². The number of hydrogen-bond donors (Lipinski definition) is 4. The second kappa shape index (κ2) is 5.63. The minimum absolute atomic E-state index is 0.0221. The van der Waals surface area contributed by atoms with Crippen molar-refractivity contribution in [2.45, 2.75) is 0 Å². The lowest BCUT2D eigenvalue weighted by Gasteiger charge is -2.13. The number of nitrogens with two attached hydrogens (primary N) is 1. The van der Waals surface area contributed by atoms with Gasteiger partial charge in [-0.15, -0.1) is 0 Å². The fourth-order valence-electron chi connectivity index (χ4n) is 1.90. The number of anilines is 2. The van der Waals surface area contributed by atoms with E-state index < -0.39 is 31.6 Å². The van der Waals surface area contributed by atoms with Crippen molar-refractivity contribution in [2.75, 3.05) is 22.0 Å². The molecule has 22 heavy (non-hydrogen) atoms. The van der Waals surface area contributed by atoms with E-state index in [1.807, 2.05) is 0 Å². The van der Waals surface area contributed by atoms with Crippen LogP contribution < -0.4 is 10.5 Å². The van der Waals surface area contributed by atoms with E-state index in [-0.39, 0.29) is 17.1 Å². The van der Waals surface area contributed by atoms with Gasteiger partial charge in [0.25, 0.3) is 10.1 Å². The zero-order valence-electron chi connectivity index (χ0n) is 11.2. The normalized spacial score (nSPS) is 12.4. The maximum atomic E-state index is 11.9. The summed E-state index contributed by atoms with van der Waals surface area (Å²) in [5.41, 5.74) is 5.72. The van der Waals surface area contributed by atoms with E-state index in [2.05, 4.69) is 4.72 Å². The van der Waals surface area contributed by atoms with Crippen molar-refractivity contribution < 1.29 is 26.5 Å². The number of hydrogen-bond acceptors (Lipinski definition) is 6. The molecule has 0 aliphatic heterocycles. The molecule has 2 aromatic rings. The molecule has 0 aromatic heterocycles. The van der Waals surface area contributed by atoms with Gasteiger partial charge in [-0.2, -0.15) is 8.42 Å². The molecule has 8 nitrogen and oxygen atoms in total. The first-order chi connectivity index (χ1) is 10.1. The maximum Gasteiger partial charge on any atom is 0.265 e. The van der Waals surface area contributed by atoms with E-state index in [0.29, 0.717) is 10.8 Å². The third kappa shape index (κ3) is 3.78. The second-order valence-corrected chi connectivity index (χ2v) is 8.03. The lowest BCUT2D eigenvalue weighted by Crippen LogP contribution is -2.22. The lowest BCUT2D eigenvalue weighted by atomic mass is 10.1. The van der Waals surface area contributed by atoms with Gasteiger partial charge in [-0.05, 0) is 6.07 Å². The Kier molecular flexibility index (Phi) is 4.18. The highest BCUT2D eigenvalue weighted by Gasteiger charge is 2.18. The van der Waals surface area contributed by atoms with Gasteiger partial charge in [-0.1, -0.05) is 24.3 Å². The molecular formula is C12H14N2O6S2. The number of aromatic hydroxyl groups is 1. The Morgan fingerprint density at radius 1 is 1.05 bits per heavy atom. The molecule has 0 fully saturated rings. The Morgan fingerprint density at radius 2 is 1.64 bits per heavy atom. The predicted octanol–water partition coefficient (Wildman–Crippen LogP) is 0.757. The standard InChI is InChI=1S/C12H14N2O6S2/c13-10-7-11(8-3-1-2-4-9(8)12(10)15)14-21(16,17)5-6-22(18,19)20/h1-4,7,14-15H,5-6,13H2,(H,18,19,20). The van der Waals surface area contributed by atoms with Gasteiger partial charge in [-0.25, -0.2) is 8.42 Å². The van der Waals surface area contributed by atoms with Gasteiger partial charge in [0.2, 0.25) is 10.0 Å². The van der Waals surface area contributed by atoms with Crippen LogP contribution in [-0.4, -0.2) is 38.0 Å². The average molecular weight is 346 g/mol. The first kappa shape index (κ1) is 16.3. The molecular weight excluding hydrogens is 332 g/mol. The molecule has 0 aliphatic rings. The van der Waals surface area contributed by atoms with Gasteiger partial charge < -0.3 is 10.8 Å². The highest BCUT2D eigenvalue weighted by molar-refractivity contribution is 7.94. The summed E-state index contributed by atoms with van der Waals surface area (Å²) in [5, 5.41) is 10.6. The van der Waals surface area contributed by atoms with Crippen molar-refractivity contribution in [3.8, 4) is 5.75 Å². The van der Waals surface area contributed by atoms with Crippen molar-refractivity contribution in [1.82, 2.24) is 0 Å². The highest BCUT2D eigenvalue weighted by Crippen LogP contribution is 2.36. The summed E-state index contributed by atoms with van der Waals surface area (Å²) in [6, 6.07) is 7.68. The summed E-state index contributed by atoms with van der Waals surface area (Å²) in [6.07, 6.45) is 0. The number of phenolic OH excluding ortho intramolecular Hbond substituents is 1. The molecule has 0 heterocycles. The van der Waals surface area contributed by atoms with Crippen molar-refractivity contribution in [1.29, 1.82) is 0 Å². The summed E-state index contributed by atoms with van der Waals surface area (Å²) < 4.78 is 55.9. The van der Waals surface area contributed by atoms with Crippen LogP contribution >= 0.6 is 0 Å². The molecule has 0 aliphatic carbocycles. The zero-order valence-corrected chi connectivity index (χ0v) is 12.9. The van der Waals surface area contributed by atoms with Gasteiger partial charge in [-0.3, -0.25) is 9.27 Å². The quantitative estimate of drug-likeness (QED) is 0.270. The number of benzene rings is 2. The molecule has 5 N–H and O–H groups in total. The Hall–Kier alpha value is -2.04. The van der Waals surface area contributed by atoms with E-state index in [1.165, 1.54) is 6.07 Å². The Bertz CT molecular complexity index is 922. The smallest absolute Gasteiger partial charge is 0.265 e. The Labute approximate surface area is 127 Å². The SMILES string of the molecule is Nc1cc(NS(=O)(=O)CCS(=O)(=O)O)c2ccccc2c1O. The van der Waals surface area contributed by atoms with Gasteiger partial charge in [0.05, 0.1) is 22.9 Å². The number of rotatable bonds is 5. The van der Waals surface area contributed by atoms with Crippen molar-refractivity contribution in [3.63, 3.8) is 0 Å². The highest BCUT2D eigenvalue weighted by atomic mass is 32.2. The summed E-state index contributed by atoms with van der Waals surface area (Å²) in [6.45, 7) is 0. The fraction of sp³-hybridized carbons (Fsp3) is 0.167. The van der Waals surface area contributed by atoms with Crippen LogP contribution in [0.15, 0.2) is 30.3 Å². The van der Waals surface area contributed by atoms with Crippen LogP contribution in [0.5, 0.6) is 5.75 Å². The number of phenols is 1. The average Bonchev–Trinajstić information content (AvgIpc) is 2.42. The monoisotopic (exact) mass is 346 g/mol. The zero-order chi connectivity index (χ0) is 16.5. The van der Waals surface area contributed by atoms with Gasteiger partial charge in [0.15, 0.2) is 0 Å². The number of fused-ring (bicyclic) bond motifs is 1. The van der Waals surface area contributed by atoms with Crippen LogP contribution in [0.1, 0.15) is 0 Å². The minimum Gasteiger partial charge on any atom is -0.505 e. The van der Waals surface area contributed by atoms with Crippen LogP contribution in [-0.2, 0) is 20.1 Å². The van der Waals surface area contributed by atoms with E-state index >= 15 is 0 Å². The predicted molar refractivity (Wildman–Crippen MR) is 83.9 cm³/mol. The third-order valence-corrected chi connectivity index (χ3v) is 5.17. The third-order valence-electron chi connectivity index (χ3n) is 2.92. The maximum absolute atomic E-state index is 11.9. The summed E-state index contributed by atoms with van der Waals surface area (Å²) in [4.78, 5) is 0. The molecule has 0 bridgehead atoms. The molecule has 0 radical (unpaired) electrons. The molecule has 10 heteroatoms. The van der Waals surface area contributed by atoms with E-state index in [0.717, 1.165) is 0 Å². The van der Waals surface area contributed by atoms with Crippen LogP contribution in [0, 0.1) is 0 Å².